The number of nitrogens with two attached hydrogens (primary N) is 1. The summed E-state index contributed by atoms with van der Waals surface area (Å²) in [5, 5.41) is 6.45. The van der Waals surface area contributed by atoms with Crippen molar-refractivity contribution < 1.29 is 4.79 Å². The Labute approximate surface area is 122 Å². The molecule has 0 bridgehead atoms. The molecule has 0 aliphatic heterocycles. The van der Waals surface area contributed by atoms with E-state index in [1.165, 1.54) is 17.4 Å². The number of carbonyl (C=O) groups excluding carboxylic acids is 1. The van der Waals surface area contributed by atoms with Crippen molar-refractivity contribution in [2.75, 3.05) is 12.5 Å². The molecule has 4 N–H and O–H groups in total. The summed E-state index contributed by atoms with van der Waals surface area (Å²) in [6, 6.07) is 0. The maximum atomic E-state index is 12.5. The van der Waals surface area contributed by atoms with Gasteiger partial charge in [0.05, 0.1) is 18.4 Å². The summed E-state index contributed by atoms with van der Waals surface area (Å²) in [5.74, 6) is 6.44. The summed E-state index contributed by atoms with van der Waals surface area (Å²) >= 11 is 0. The summed E-state index contributed by atoms with van der Waals surface area (Å²) in [7, 11) is 1.66. The number of anilines is 1. The molecule has 0 aromatic carbocycles. The molecule has 0 aliphatic carbocycles. The zero-order chi connectivity index (χ0) is 15.4. The molecule has 2 aromatic rings. The molecule has 1 amide bonds. The van der Waals surface area contributed by atoms with E-state index in [0.717, 1.165) is 0 Å². The summed E-state index contributed by atoms with van der Waals surface area (Å²) < 4.78 is 0. The Morgan fingerprint density at radius 1 is 1.48 bits per heavy atom. The molecule has 112 valence electrons. The summed E-state index contributed by atoms with van der Waals surface area (Å²) in [4.78, 5) is 26.4. The van der Waals surface area contributed by atoms with Crippen LogP contribution in [0.15, 0.2) is 12.5 Å². The van der Waals surface area contributed by atoms with E-state index < -0.39 is 0 Å². The lowest BCUT2D eigenvalue weighted by Crippen LogP contribution is -2.29. The molecular weight excluding hydrogens is 272 g/mol. The number of nitrogens with zero attached hydrogens (tertiary/aromatic N) is 5. The van der Waals surface area contributed by atoms with Gasteiger partial charge in [-0.25, -0.2) is 15.0 Å². The van der Waals surface area contributed by atoms with Crippen LogP contribution in [0.2, 0.25) is 0 Å². The van der Waals surface area contributed by atoms with Gasteiger partial charge in [0.25, 0.3) is 5.91 Å². The van der Waals surface area contributed by atoms with Gasteiger partial charge in [0.1, 0.15) is 18.0 Å². The molecular formula is C12H18N8O. The van der Waals surface area contributed by atoms with Crippen LogP contribution in [0.25, 0.3) is 0 Å². The highest BCUT2D eigenvalue weighted by Gasteiger charge is 2.20. The fourth-order valence-corrected chi connectivity index (χ4v) is 1.73. The third kappa shape index (κ3) is 3.31. The Kier molecular flexibility index (Phi) is 4.43. The lowest BCUT2D eigenvalue weighted by atomic mass is 10.2. The zero-order valence-corrected chi connectivity index (χ0v) is 12.2. The minimum atomic E-state index is -0.274. The molecule has 21 heavy (non-hydrogen) atoms. The van der Waals surface area contributed by atoms with Gasteiger partial charge < -0.3 is 10.3 Å². The molecule has 0 radical (unpaired) electrons. The second-order valence-corrected chi connectivity index (χ2v) is 4.88. The number of H-pyrrole nitrogens is 1. The smallest absolute Gasteiger partial charge is 0.274 e. The maximum absolute atomic E-state index is 12.5. The minimum Gasteiger partial charge on any atom is -0.333 e. The first-order chi connectivity index (χ1) is 10.0. The molecule has 0 aliphatic rings. The average Bonchev–Trinajstić information content (AvgIpc) is 2.98. The summed E-state index contributed by atoms with van der Waals surface area (Å²) in [5.41, 5.74) is 3.07. The molecule has 0 saturated carbocycles. The van der Waals surface area contributed by atoms with Crippen LogP contribution in [0.4, 0.5) is 5.69 Å². The van der Waals surface area contributed by atoms with Crippen LogP contribution >= 0.6 is 0 Å². The molecule has 0 unspecified atom stereocenters. The van der Waals surface area contributed by atoms with E-state index in [4.69, 9.17) is 5.84 Å². The molecule has 0 saturated heterocycles. The third-order valence-corrected chi connectivity index (χ3v) is 2.88. The normalized spacial score (nSPS) is 10.7. The monoisotopic (exact) mass is 290 g/mol. The van der Waals surface area contributed by atoms with Gasteiger partial charge in [-0.15, -0.1) is 0 Å². The number of aromatic nitrogens is 5. The Bertz CT molecular complexity index is 610. The average molecular weight is 290 g/mol. The Hall–Kier alpha value is -2.55. The number of rotatable bonds is 5. The van der Waals surface area contributed by atoms with Crippen LogP contribution in [0, 0.1) is 0 Å². The van der Waals surface area contributed by atoms with Crippen LogP contribution in [-0.2, 0) is 6.54 Å². The van der Waals surface area contributed by atoms with E-state index in [1.54, 1.807) is 7.05 Å². The number of hydrazine groups is 1. The number of nitrogens with one attached hydrogen (secondary N) is 2. The van der Waals surface area contributed by atoms with Gasteiger partial charge >= 0.3 is 0 Å². The van der Waals surface area contributed by atoms with Crippen LogP contribution < -0.4 is 11.3 Å². The van der Waals surface area contributed by atoms with Gasteiger partial charge in [-0.3, -0.25) is 15.7 Å². The standard InChI is InChI=1S/C12H18N8O/c1-7(2)11-14-4-8(18-13)10(17-11)12(21)20(3)5-9-15-6-16-19-9/h4,6-7,18H,5,13H2,1-3H3,(H,15,16,19). The van der Waals surface area contributed by atoms with E-state index in [1.807, 2.05) is 13.8 Å². The number of hydrogen-bond acceptors (Lipinski definition) is 7. The number of nitrogen functional groups attached to an aromatic ring is 1. The van der Waals surface area contributed by atoms with Crippen LogP contribution in [-0.4, -0.2) is 43.0 Å². The maximum Gasteiger partial charge on any atom is 0.274 e. The van der Waals surface area contributed by atoms with E-state index in [0.29, 0.717) is 23.9 Å². The topological polar surface area (TPSA) is 126 Å². The highest BCUT2D eigenvalue weighted by Crippen LogP contribution is 2.17. The number of carbonyl (C=O) groups is 1. The lowest BCUT2D eigenvalue weighted by molar-refractivity contribution is 0.0776. The quantitative estimate of drug-likeness (QED) is 0.533. The van der Waals surface area contributed by atoms with E-state index in [9.17, 15) is 4.79 Å². The predicted octanol–water partition coefficient (Wildman–Crippen LogP) is 0.276. The van der Waals surface area contributed by atoms with Crippen molar-refractivity contribution in [2.24, 2.45) is 5.84 Å². The first-order valence-corrected chi connectivity index (χ1v) is 6.46. The van der Waals surface area contributed by atoms with Gasteiger partial charge in [0.2, 0.25) is 0 Å². The number of amides is 1. The predicted molar refractivity (Wildman–Crippen MR) is 76.1 cm³/mol. The Balaban J connectivity index is 2.26. The van der Waals surface area contributed by atoms with E-state index in [-0.39, 0.29) is 17.5 Å². The minimum absolute atomic E-state index is 0.114. The van der Waals surface area contributed by atoms with Gasteiger partial charge in [0.15, 0.2) is 5.69 Å². The van der Waals surface area contributed by atoms with Crippen LogP contribution in [0.5, 0.6) is 0 Å². The summed E-state index contributed by atoms with van der Waals surface area (Å²) in [6.07, 6.45) is 2.90. The number of aromatic amines is 1. The molecule has 2 aromatic heterocycles. The molecule has 2 heterocycles. The molecule has 0 spiro atoms. The van der Waals surface area contributed by atoms with Crippen molar-refractivity contribution in [3.8, 4) is 0 Å². The second kappa shape index (κ2) is 6.27. The van der Waals surface area contributed by atoms with Crippen LogP contribution in [0.1, 0.15) is 41.9 Å². The van der Waals surface area contributed by atoms with Crippen molar-refractivity contribution in [1.82, 2.24) is 30.0 Å². The largest absolute Gasteiger partial charge is 0.333 e. The fraction of sp³-hybridized carbons (Fsp3) is 0.417. The van der Waals surface area contributed by atoms with Crippen molar-refractivity contribution in [2.45, 2.75) is 26.3 Å². The molecule has 0 fully saturated rings. The number of hydrogen-bond donors (Lipinski definition) is 3. The second-order valence-electron chi connectivity index (χ2n) is 4.88. The lowest BCUT2D eigenvalue weighted by Gasteiger charge is -2.17. The Morgan fingerprint density at radius 3 is 2.81 bits per heavy atom. The highest BCUT2D eigenvalue weighted by atomic mass is 16.2. The van der Waals surface area contributed by atoms with Crippen molar-refractivity contribution in [1.29, 1.82) is 0 Å². The SMILES string of the molecule is CC(C)c1ncc(NN)c(C(=O)N(C)Cc2ncn[nH]2)n1. The van der Waals surface area contributed by atoms with Gasteiger partial charge in [-0.05, 0) is 0 Å². The van der Waals surface area contributed by atoms with Gasteiger partial charge in [0, 0.05) is 13.0 Å². The van der Waals surface area contributed by atoms with Gasteiger partial charge in [-0.1, -0.05) is 13.8 Å². The molecule has 9 nitrogen and oxygen atoms in total. The van der Waals surface area contributed by atoms with Crippen molar-refractivity contribution in [3.05, 3.63) is 29.9 Å². The first kappa shape index (κ1) is 14.9. The van der Waals surface area contributed by atoms with E-state index in [2.05, 4.69) is 30.6 Å². The molecule has 9 heteroatoms. The zero-order valence-electron chi connectivity index (χ0n) is 12.2. The third-order valence-electron chi connectivity index (χ3n) is 2.88. The molecule has 2 rings (SSSR count). The van der Waals surface area contributed by atoms with Crippen LogP contribution in [0.3, 0.4) is 0 Å². The van der Waals surface area contributed by atoms with Crippen molar-refractivity contribution >= 4 is 11.6 Å². The Morgan fingerprint density at radius 2 is 2.24 bits per heavy atom. The van der Waals surface area contributed by atoms with Crippen molar-refractivity contribution in [3.63, 3.8) is 0 Å². The first-order valence-electron chi connectivity index (χ1n) is 6.46. The molecule has 0 atom stereocenters. The van der Waals surface area contributed by atoms with Gasteiger partial charge in [-0.2, -0.15) is 5.10 Å². The highest BCUT2D eigenvalue weighted by molar-refractivity contribution is 5.97. The fourth-order valence-electron chi connectivity index (χ4n) is 1.73. The van der Waals surface area contributed by atoms with E-state index >= 15 is 0 Å². The summed E-state index contributed by atoms with van der Waals surface area (Å²) in [6.45, 7) is 4.21.